The fourth-order valence-corrected chi connectivity index (χ4v) is 2.41. The maximum atomic E-state index is 13.0. The van der Waals surface area contributed by atoms with E-state index in [4.69, 9.17) is 29.6 Å². The van der Waals surface area contributed by atoms with E-state index in [1.807, 2.05) is 36.2 Å². The third kappa shape index (κ3) is 3.26. The van der Waals surface area contributed by atoms with Crippen molar-refractivity contribution in [1.29, 1.82) is 0 Å². The van der Waals surface area contributed by atoms with E-state index in [1.54, 1.807) is 6.07 Å². The molecule has 0 aliphatic carbocycles. The van der Waals surface area contributed by atoms with Crippen molar-refractivity contribution >= 4 is 34.5 Å². The van der Waals surface area contributed by atoms with Crippen LogP contribution in [0.5, 0.6) is 0 Å². The number of hydrogen-bond donors (Lipinski definition) is 1. The number of anilines is 1. The van der Waals surface area contributed by atoms with Crippen molar-refractivity contribution in [3.8, 4) is 0 Å². The predicted molar refractivity (Wildman–Crippen MR) is 85.8 cm³/mol. The van der Waals surface area contributed by atoms with Crippen molar-refractivity contribution in [3.63, 3.8) is 0 Å². The zero-order valence-electron chi connectivity index (χ0n) is 10.9. The normalized spacial score (nSPS) is 10.3. The van der Waals surface area contributed by atoms with Crippen LogP contribution in [0.1, 0.15) is 11.1 Å². The Hall–Kier alpha value is -1.65. The number of hydrogen-bond acceptors (Lipinski definition) is 2. The molecule has 20 heavy (non-hydrogen) atoms. The quantitative estimate of drug-likeness (QED) is 0.872. The zero-order valence-corrected chi connectivity index (χ0v) is 12.5. The summed E-state index contributed by atoms with van der Waals surface area (Å²) in [6, 6.07) is 12.0. The second kappa shape index (κ2) is 6.20. The van der Waals surface area contributed by atoms with Crippen LogP contribution in [-0.4, -0.2) is 12.0 Å². The Morgan fingerprint density at radius 3 is 2.65 bits per heavy atom. The molecular weight excluding hydrogens is 295 g/mol. The molecule has 0 saturated heterocycles. The third-order valence-electron chi connectivity index (χ3n) is 3.00. The topological polar surface area (TPSA) is 29.3 Å². The summed E-state index contributed by atoms with van der Waals surface area (Å²) < 4.78 is 13.0. The molecule has 5 heteroatoms. The van der Waals surface area contributed by atoms with Crippen molar-refractivity contribution in [2.24, 2.45) is 5.73 Å². The molecule has 0 amide bonds. The van der Waals surface area contributed by atoms with Crippen LogP contribution in [0.15, 0.2) is 42.5 Å². The lowest BCUT2D eigenvalue weighted by Crippen LogP contribution is -2.21. The third-order valence-corrected chi connectivity index (χ3v) is 3.58. The number of nitrogens with two attached hydrogens (primary N) is 1. The minimum absolute atomic E-state index is 0.343. The van der Waals surface area contributed by atoms with E-state index in [-0.39, 0.29) is 5.82 Å². The molecule has 0 bridgehead atoms. The standard InChI is InChI=1S/C15H14ClFN2S/c1-19(9-10-6-7-11(17)8-13(10)16)14-5-3-2-4-12(14)15(18)20/h2-8H,9H2,1H3,(H2,18,20). The highest BCUT2D eigenvalue weighted by atomic mass is 35.5. The zero-order chi connectivity index (χ0) is 14.7. The van der Waals surface area contributed by atoms with E-state index in [0.717, 1.165) is 16.8 Å². The summed E-state index contributed by atoms with van der Waals surface area (Å²) in [5.41, 5.74) is 8.29. The minimum Gasteiger partial charge on any atom is -0.389 e. The van der Waals surface area contributed by atoms with E-state index in [9.17, 15) is 4.39 Å². The SMILES string of the molecule is CN(Cc1ccc(F)cc1Cl)c1ccccc1C(N)=S. The summed E-state index contributed by atoms with van der Waals surface area (Å²) in [5, 5.41) is 0.407. The van der Waals surface area contributed by atoms with Crippen LogP contribution in [0.4, 0.5) is 10.1 Å². The molecule has 0 aliphatic rings. The van der Waals surface area contributed by atoms with Gasteiger partial charge in [0.15, 0.2) is 0 Å². The number of thiocarbonyl (C=S) groups is 1. The molecule has 0 saturated carbocycles. The Labute approximate surface area is 128 Å². The second-order valence-corrected chi connectivity index (χ2v) is 5.32. The molecule has 0 heterocycles. The summed E-state index contributed by atoms with van der Waals surface area (Å²) in [6.07, 6.45) is 0. The van der Waals surface area contributed by atoms with Gasteiger partial charge < -0.3 is 10.6 Å². The highest BCUT2D eigenvalue weighted by Crippen LogP contribution is 2.24. The van der Waals surface area contributed by atoms with Crippen LogP contribution >= 0.6 is 23.8 Å². The van der Waals surface area contributed by atoms with Crippen LogP contribution in [0.25, 0.3) is 0 Å². The molecule has 104 valence electrons. The van der Waals surface area contributed by atoms with Gasteiger partial charge in [-0.25, -0.2) is 4.39 Å². The average molecular weight is 309 g/mol. The van der Waals surface area contributed by atoms with Crippen molar-refractivity contribution in [2.75, 3.05) is 11.9 Å². The molecule has 0 fully saturated rings. The summed E-state index contributed by atoms with van der Waals surface area (Å²) in [7, 11) is 1.91. The first-order valence-corrected chi connectivity index (χ1v) is 6.81. The smallest absolute Gasteiger partial charge is 0.124 e. The largest absolute Gasteiger partial charge is 0.389 e. The van der Waals surface area contributed by atoms with Crippen LogP contribution < -0.4 is 10.6 Å². The van der Waals surface area contributed by atoms with Gasteiger partial charge >= 0.3 is 0 Å². The molecule has 2 N–H and O–H groups in total. The molecule has 0 atom stereocenters. The molecular formula is C15H14ClFN2S. The number of nitrogens with zero attached hydrogens (tertiary/aromatic N) is 1. The van der Waals surface area contributed by atoms with E-state index < -0.39 is 0 Å². The predicted octanol–water partition coefficient (Wildman–Crippen LogP) is 3.75. The lowest BCUT2D eigenvalue weighted by molar-refractivity contribution is 0.627. The Balaban J connectivity index is 2.28. The van der Waals surface area contributed by atoms with Crippen molar-refractivity contribution in [2.45, 2.75) is 6.54 Å². The van der Waals surface area contributed by atoms with Gasteiger partial charge in [-0.3, -0.25) is 0 Å². The second-order valence-electron chi connectivity index (χ2n) is 4.47. The summed E-state index contributed by atoms with van der Waals surface area (Å²) in [6.45, 7) is 0.540. The molecule has 2 aromatic carbocycles. The van der Waals surface area contributed by atoms with Gasteiger partial charge in [0.1, 0.15) is 10.8 Å². The highest BCUT2D eigenvalue weighted by Gasteiger charge is 2.11. The maximum absolute atomic E-state index is 13.0. The lowest BCUT2D eigenvalue weighted by Gasteiger charge is -2.22. The molecule has 2 rings (SSSR count). The Morgan fingerprint density at radius 2 is 2.00 bits per heavy atom. The van der Waals surface area contributed by atoms with Gasteiger partial charge in [0.2, 0.25) is 0 Å². The van der Waals surface area contributed by atoms with Crippen molar-refractivity contribution in [1.82, 2.24) is 0 Å². The van der Waals surface area contributed by atoms with E-state index >= 15 is 0 Å². The summed E-state index contributed by atoms with van der Waals surface area (Å²) in [5.74, 6) is -0.343. The maximum Gasteiger partial charge on any atom is 0.124 e. The molecule has 2 nitrogen and oxygen atoms in total. The van der Waals surface area contributed by atoms with Gasteiger partial charge in [-0.1, -0.05) is 42.0 Å². The molecule has 2 aromatic rings. The van der Waals surface area contributed by atoms with Crippen molar-refractivity contribution < 1.29 is 4.39 Å². The van der Waals surface area contributed by atoms with Crippen LogP contribution in [0, 0.1) is 5.82 Å². The fraction of sp³-hybridized carbons (Fsp3) is 0.133. The van der Waals surface area contributed by atoms with E-state index in [2.05, 4.69) is 0 Å². The average Bonchev–Trinajstić information content (AvgIpc) is 2.41. The van der Waals surface area contributed by atoms with Gasteiger partial charge in [0.05, 0.1) is 0 Å². The highest BCUT2D eigenvalue weighted by molar-refractivity contribution is 7.80. The first-order valence-electron chi connectivity index (χ1n) is 6.03. The van der Waals surface area contributed by atoms with Crippen LogP contribution in [-0.2, 0) is 6.54 Å². The van der Waals surface area contributed by atoms with Crippen molar-refractivity contribution in [3.05, 3.63) is 64.4 Å². The van der Waals surface area contributed by atoms with Crippen LogP contribution in [0.2, 0.25) is 5.02 Å². The molecule has 0 aliphatic heterocycles. The lowest BCUT2D eigenvalue weighted by atomic mass is 10.1. The molecule has 0 unspecified atom stereocenters. The van der Waals surface area contributed by atoms with Gasteiger partial charge in [0, 0.05) is 29.9 Å². The minimum atomic E-state index is -0.343. The summed E-state index contributed by atoms with van der Waals surface area (Å²) >= 11 is 11.1. The Morgan fingerprint density at radius 1 is 1.30 bits per heavy atom. The summed E-state index contributed by atoms with van der Waals surface area (Å²) in [4.78, 5) is 2.32. The van der Waals surface area contributed by atoms with Gasteiger partial charge in [0.25, 0.3) is 0 Å². The van der Waals surface area contributed by atoms with Gasteiger partial charge in [-0.05, 0) is 29.8 Å². The first kappa shape index (κ1) is 14.8. The molecule has 0 radical (unpaired) electrons. The fourth-order valence-electron chi connectivity index (χ4n) is 2.01. The molecule has 0 spiro atoms. The van der Waals surface area contributed by atoms with E-state index in [0.29, 0.717) is 16.6 Å². The van der Waals surface area contributed by atoms with E-state index in [1.165, 1.54) is 12.1 Å². The van der Waals surface area contributed by atoms with Gasteiger partial charge in [-0.15, -0.1) is 0 Å². The number of para-hydroxylation sites is 1. The van der Waals surface area contributed by atoms with Gasteiger partial charge in [-0.2, -0.15) is 0 Å². The monoisotopic (exact) mass is 308 g/mol. The number of rotatable bonds is 4. The Kier molecular flexibility index (Phi) is 4.57. The number of halogens is 2. The number of benzene rings is 2. The van der Waals surface area contributed by atoms with Crippen LogP contribution in [0.3, 0.4) is 0 Å². The molecule has 0 aromatic heterocycles. The first-order chi connectivity index (χ1) is 9.49. The Bertz CT molecular complexity index is 646.